The first-order valence-corrected chi connectivity index (χ1v) is 5.98. The Morgan fingerprint density at radius 3 is 2.53 bits per heavy atom. The highest BCUT2D eigenvalue weighted by Gasteiger charge is 2.13. The maximum atomic E-state index is 12.3. The van der Waals surface area contributed by atoms with Gasteiger partial charge in [0.1, 0.15) is 5.75 Å². The van der Waals surface area contributed by atoms with Crippen LogP contribution in [0.25, 0.3) is 0 Å². The first kappa shape index (κ1) is 13.1. The van der Waals surface area contributed by atoms with Gasteiger partial charge in [0.05, 0.1) is 0 Å². The highest BCUT2D eigenvalue weighted by molar-refractivity contribution is 6.05. The average molecular weight is 256 g/mol. The van der Waals surface area contributed by atoms with Crippen molar-refractivity contribution in [1.82, 2.24) is 0 Å². The van der Waals surface area contributed by atoms with Crippen molar-refractivity contribution in [2.75, 3.05) is 11.9 Å². The fraction of sp³-hybridized carbons (Fsp3) is 0.133. The van der Waals surface area contributed by atoms with Gasteiger partial charge in [-0.15, -0.1) is 0 Å². The van der Waals surface area contributed by atoms with Crippen molar-refractivity contribution in [3.8, 4) is 5.75 Å². The lowest BCUT2D eigenvalue weighted by atomic mass is 10.1. The highest BCUT2D eigenvalue weighted by Crippen LogP contribution is 2.18. The van der Waals surface area contributed by atoms with Crippen molar-refractivity contribution in [1.29, 1.82) is 0 Å². The molecule has 0 aliphatic heterocycles. The van der Waals surface area contributed by atoms with Crippen LogP contribution >= 0.6 is 0 Å². The Hall–Kier alpha value is -2.33. The van der Waals surface area contributed by atoms with Crippen LogP contribution in [0.15, 0.2) is 48.5 Å². The quantitative estimate of drug-likeness (QED) is 0.884. The highest BCUT2D eigenvalue weighted by atomic mass is 16.3. The Morgan fingerprint density at radius 1 is 1.21 bits per heavy atom. The molecule has 0 fully saturated rings. The number of anilines is 1. The molecule has 0 heterocycles. The lowest BCUT2D eigenvalue weighted by molar-refractivity contribution is 0.0993. The Balaban J connectivity index is 2.25. The van der Waals surface area contributed by atoms with Gasteiger partial charge in [-0.3, -0.25) is 4.79 Å². The standard InChI is InChI=1S/C15H16N2O2/c1-17(13-4-2-3-11(9-13)10-16)15(19)12-5-7-14(18)8-6-12/h2-9,18H,10,16H2,1H3. The minimum Gasteiger partial charge on any atom is -0.508 e. The molecule has 0 saturated heterocycles. The molecule has 2 aromatic rings. The Labute approximate surface area is 112 Å². The molecule has 0 aliphatic carbocycles. The van der Waals surface area contributed by atoms with Gasteiger partial charge in [0, 0.05) is 24.8 Å². The van der Waals surface area contributed by atoms with Gasteiger partial charge in [-0.2, -0.15) is 0 Å². The zero-order chi connectivity index (χ0) is 13.8. The molecule has 19 heavy (non-hydrogen) atoms. The number of phenolic OH excluding ortho intramolecular Hbond substituents is 1. The van der Waals surface area contributed by atoms with E-state index in [4.69, 9.17) is 5.73 Å². The number of phenols is 1. The van der Waals surface area contributed by atoms with Gasteiger partial charge in [0.25, 0.3) is 5.91 Å². The maximum absolute atomic E-state index is 12.3. The van der Waals surface area contributed by atoms with Crippen LogP contribution in [-0.4, -0.2) is 18.1 Å². The predicted octanol–water partition coefficient (Wildman–Crippen LogP) is 2.13. The fourth-order valence-corrected chi connectivity index (χ4v) is 1.81. The van der Waals surface area contributed by atoms with E-state index in [0.29, 0.717) is 12.1 Å². The van der Waals surface area contributed by atoms with E-state index < -0.39 is 0 Å². The van der Waals surface area contributed by atoms with E-state index in [9.17, 15) is 9.90 Å². The van der Waals surface area contributed by atoms with E-state index in [-0.39, 0.29) is 11.7 Å². The summed E-state index contributed by atoms with van der Waals surface area (Å²) in [7, 11) is 1.71. The summed E-state index contributed by atoms with van der Waals surface area (Å²) >= 11 is 0. The number of aromatic hydroxyl groups is 1. The summed E-state index contributed by atoms with van der Waals surface area (Å²) < 4.78 is 0. The van der Waals surface area contributed by atoms with Gasteiger partial charge < -0.3 is 15.7 Å². The lowest BCUT2D eigenvalue weighted by Crippen LogP contribution is -2.26. The van der Waals surface area contributed by atoms with Crippen LogP contribution in [0.3, 0.4) is 0 Å². The molecule has 4 nitrogen and oxygen atoms in total. The van der Waals surface area contributed by atoms with Crippen LogP contribution in [0, 0.1) is 0 Å². The number of carbonyl (C=O) groups excluding carboxylic acids is 1. The third-order valence-electron chi connectivity index (χ3n) is 2.95. The minimum absolute atomic E-state index is 0.130. The third-order valence-corrected chi connectivity index (χ3v) is 2.95. The molecule has 0 spiro atoms. The number of carbonyl (C=O) groups is 1. The molecular formula is C15H16N2O2. The Morgan fingerprint density at radius 2 is 1.89 bits per heavy atom. The number of rotatable bonds is 3. The molecule has 1 amide bonds. The lowest BCUT2D eigenvalue weighted by Gasteiger charge is -2.18. The number of nitrogens with zero attached hydrogens (tertiary/aromatic N) is 1. The number of hydrogen-bond acceptors (Lipinski definition) is 3. The summed E-state index contributed by atoms with van der Waals surface area (Å²) in [6.45, 7) is 0.440. The van der Waals surface area contributed by atoms with Crippen molar-refractivity contribution in [2.45, 2.75) is 6.54 Å². The van der Waals surface area contributed by atoms with Crippen LogP contribution in [-0.2, 0) is 6.54 Å². The minimum atomic E-state index is -0.130. The molecule has 0 bridgehead atoms. The summed E-state index contributed by atoms with van der Waals surface area (Å²) in [4.78, 5) is 13.8. The molecule has 0 atom stereocenters. The zero-order valence-corrected chi connectivity index (χ0v) is 10.7. The molecule has 2 aromatic carbocycles. The SMILES string of the molecule is CN(C(=O)c1ccc(O)cc1)c1cccc(CN)c1. The Kier molecular flexibility index (Phi) is 3.82. The maximum Gasteiger partial charge on any atom is 0.258 e. The molecular weight excluding hydrogens is 240 g/mol. The van der Waals surface area contributed by atoms with Crippen molar-refractivity contribution in [3.63, 3.8) is 0 Å². The summed E-state index contributed by atoms with van der Waals surface area (Å²) in [6.07, 6.45) is 0. The van der Waals surface area contributed by atoms with Crippen molar-refractivity contribution in [3.05, 3.63) is 59.7 Å². The third kappa shape index (κ3) is 2.92. The van der Waals surface area contributed by atoms with Crippen LogP contribution in [0.1, 0.15) is 15.9 Å². The number of hydrogen-bond donors (Lipinski definition) is 2. The van der Waals surface area contributed by atoms with E-state index in [1.807, 2.05) is 24.3 Å². The summed E-state index contributed by atoms with van der Waals surface area (Å²) in [5.74, 6) is 0.0125. The van der Waals surface area contributed by atoms with Crippen molar-refractivity contribution >= 4 is 11.6 Å². The smallest absolute Gasteiger partial charge is 0.258 e. The van der Waals surface area contributed by atoms with Crippen LogP contribution in [0.4, 0.5) is 5.69 Å². The van der Waals surface area contributed by atoms with E-state index in [0.717, 1.165) is 11.3 Å². The molecule has 0 unspecified atom stereocenters. The summed E-state index contributed by atoms with van der Waals surface area (Å²) in [5, 5.41) is 9.22. The average Bonchev–Trinajstić information content (AvgIpc) is 2.46. The monoisotopic (exact) mass is 256 g/mol. The number of nitrogens with two attached hydrogens (primary N) is 1. The normalized spacial score (nSPS) is 10.2. The van der Waals surface area contributed by atoms with E-state index in [1.165, 1.54) is 12.1 Å². The largest absolute Gasteiger partial charge is 0.508 e. The van der Waals surface area contributed by atoms with Gasteiger partial charge in [-0.1, -0.05) is 12.1 Å². The van der Waals surface area contributed by atoms with E-state index >= 15 is 0 Å². The molecule has 98 valence electrons. The van der Waals surface area contributed by atoms with Gasteiger partial charge in [0.2, 0.25) is 0 Å². The van der Waals surface area contributed by atoms with Gasteiger partial charge >= 0.3 is 0 Å². The second-order valence-electron chi connectivity index (χ2n) is 4.29. The first-order chi connectivity index (χ1) is 9.11. The van der Waals surface area contributed by atoms with Crippen LogP contribution in [0.2, 0.25) is 0 Å². The molecule has 0 aromatic heterocycles. The van der Waals surface area contributed by atoms with Crippen molar-refractivity contribution < 1.29 is 9.90 Å². The second-order valence-corrected chi connectivity index (χ2v) is 4.29. The van der Waals surface area contributed by atoms with Gasteiger partial charge in [-0.25, -0.2) is 0 Å². The molecule has 0 radical (unpaired) electrons. The molecule has 0 aliphatic rings. The fourth-order valence-electron chi connectivity index (χ4n) is 1.81. The number of benzene rings is 2. The van der Waals surface area contributed by atoms with Gasteiger partial charge in [0.15, 0.2) is 0 Å². The Bertz CT molecular complexity index is 579. The molecule has 3 N–H and O–H groups in total. The summed E-state index contributed by atoms with van der Waals surface area (Å²) in [6, 6.07) is 13.7. The molecule has 0 saturated carbocycles. The predicted molar refractivity (Wildman–Crippen MR) is 75.2 cm³/mol. The number of amides is 1. The summed E-state index contributed by atoms with van der Waals surface area (Å²) in [5.41, 5.74) is 7.89. The molecule has 2 rings (SSSR count). The van der Waals surface area contributed by atoms with E-state index in [2.05, 4.69) is 0 Å². The topological polar surface area (TPSA) is 66.6 Å². The van der Waals surface area contributed by atoms with E-state index in [1.54, 1.807) is 24.1 Å². The van der Waals surface area contributed by atoms with Crippen LogP contribution in [0.5, 0.6) is 5.75 Å². The first-order valence-electron chi connectivity index (χ1n) is 5.98. The van der Waals surface area contributed by atoms with Crippen LogP contribution < -0.4 is 10.6 Å². The molecule has 4 heteroatoms. The second kappa shape index (κ2) is 5.54. The van der Waals surface area contributed by atoms with Crippen molar-refractivity contribution in [2.24, 2.45) is 5.73 Å². The van der Waals surface area contributed by atoms with Gasteiger partial charge in [-0.05, 0) is 42.0 Å². The zero-order valence-electron chi connectivity index (χ0n) is 10.7.